The topological polar surface area (TPSA) is 41.0 Å². The number of nitrogens with one attached hydrogen (secondary N) is 1. The van der Waals surface area contributed by atoms with Crippen molar-refractivity contribution in [1.82, 2.24) is 10.2 Å². The summed E-state index contributed by atoms with van der Waals surface area (Å²) in [5, 5.41) is 8.65. The van der Waals surface area contributed by atoms with Gasteiger partial charge in [0.15, 0.2) is 5.82 Å². The number of hydrogen-bond acceptors (Lipinski definition) is 2. The van der Waals surface area contributed by atoms with E-state index in [1.807, 2.05) is 55.5 Å². The molecule has 1 heterocycles. The Bertz CT molecular complexity index is 803. The third-order valence-electron chi connectivity index (χ3n) is 3.27. The van der Waals surface area contributed by atoms with Crippen LogP contribution in [-0.2, 0) is 0 Å². The molecule has 0 bridgehead atoms. The van der Waals surface area contributed by atoms with Gasteiger partial charge >= 0.3 is 0 Å². The minimum Gasteiger partial charge on any atom is -0.280 e. The van der Waals surface area contributed by atoms with Crippen molar-refractivity contribution in [3.05, 3.63) is 69.8 Å². The standard InChI is InChI=1S/C17H13Cl2N3/c1-11-16(13-4-8-15(19)9-5-13)17(22-21-11)20-10-12-2-6-14(18)7-3-12/h2-10H,1H3,(H,21,22). The third-order valence-corrected chi connectivity index (χ3v) is 3.77. The zero-order chi connectivity index (χ0) is 15.5. The van der Waals surface area contributed by atoms with Gasteiger partial charge in [-0.15, -0.1) is 0 Å². The Labute approximate surface area is 138 Å². The van der Waals surface area contributed by atoms with Crippen LogP contribution >= 0.6 is 23.2 Å². The second-order valence-electron chi connectivity index (χ2n) is 4.86. The molecular formula is C17H13Cl2N3. The normalized spacial score (nSPS) is 11.2. The van der Waals surface area contributed by atoms with E-state index in [2.05, 4.69) is 15.2 Å². The van der Waals surface area contributed by atoms with Crippen molar-refractivity contribution in [2.24, 2.45) is 4.99 Å². The summed E-state index contributed by atoms with van der Waals surface area (Å²) in [4.78, 5) is 4.48. The fraction of sp³-hybridized carbons (Fsp3) is 0.0588. The molecular weight excluding hydrogens is 317 g/mol. The van der Waals surface area contributed by atoms with Gasteiger partial charge in [-0.2, -0.15) is 5.10 Å². The Balaban J connectivity index is 1.95. The van der Waals surface area contributed by atoms with Crippen LogP contribution in [0.3, 0.4) is 0 Å². The maximum atomic E-state index is 5.94. The SMILES string of the molecule is Cc1[nH]nc(N=Cc2ccc(Cl)cc2)c1-c1ccc(Cl)cc1. The first-order valence-corrected chi connectivity index (χ1v) is 7.49. The van der Waals surface area contributed by atoms with E-state index in [4.69, 9.17) is 23.2 Å². The van der Waals surface area contributed by atoms with Gasteiger partial charge in [0, 0.05) is 27.5 Å². The lowest BCUT2D eigenvalue weighted by Gasteiger charge is -2.01. The Kier molecular flexibility index (Phi) is 4.27. The Morgan fingerprint density at radius 3 is 2.18 bits per heavy atom. The number of nitrogens with zero attached hydrogens (tertiary/aromatic N) is 2. The van der Waals surface area contributed by atoms with Gasteiger partial charge in [0.2, 0.25) is 0 Å². The van der Waals surface area contributed by atoms with E-state index >= 15 is 0 Å². The van der Waals surface area contributed by atoms with Crippen LogP contribution in [0.5, 0.6) is 0 Å². The molecule has 5 heteroatoms. The number of rotatable bonds is 3. The van der Waals surface area contributed by atoms with Crippen LogP contribution in [0.1, 0.15) is 11.3 Å². The van der Waals surface area contributed by atoms with E-state index in [-0.39, 0.29) is 0 Å². The summed E-state index contributed by atoms with van der Waals surface area (Å²) in [6.45, 7) is 1.97. The van der Waals surface area contributed by atoms with Crippen molar-refractivity contribution in [1.29, 1.82) is 0 Å². The number of aryl methyl sites for hydroxylation is 1. The highest BCUT2D eigenvalue weighted by molar-refractivity contribution is 6.30. The van der Waals surface area contributed by atoms with Crippen molar-refractivity contribution >= 4 is 35.2 Å². The number of aromatic nitrogens is 2. The first kappa shape index (κ1) is 14.8. The van der Waals surface area contributed by atoms with Gasteiger partial charge in [-0.05, 0) is 42.3 Å². The molecule has 0 unspecified atom stereocenters. The van der Waals surface area contributed by atoms with E-state index in [0.717, 1.165) is 22.4 Å². The number of aromatic amines is 1. The van der Waals surface area contributed by atoms with Gasteiger partial charge < -0.3 is 0 Å². The Hall–Kier alpha value is -2.10. The van der Waals surface area contributed by atoms with Crippen LogP contribution < -0.4 is 0 Å². The molecule has 0 saturated heterocycles. The number of aliphatic imine (C=N–C) groups is 1. The molecule has 1 N–H and O–H groups in total. The number of H-pyrrole nitrogens is 1. The Morgan fingerprint density at radius 1 is 0.955 bits per heavy atom. The van der Waals surface area contributed by atoms with Gasteiger partial charge in [0.05, 0.1) is 0 Å². The van der Waals surface area contributed by atoms with Crippen molar-refractivity contribution in [3.8, 4) is 11.1 Å². The predicted molar refractivity (Wildman–Crippen MR) is 92.5 cm³/mol. The molecule has 0 saturated carbocycles. The van der Waals surface area contributed by atoms with Crippen molar-refractivity contribution < 1.29 is 0 Å². The van der Waals surface area contributed by atoms with Crippen molar-refractivity contribution in [2.45, 2.75) is 6.92 Å². The van der Waals surface area contributed by atoms with E-state index < -0.39 is 0 Å². The van der Waals surface area contributed by atoms with Gasteiger partial charge in [-0.3, -0.25) is 5.10 Å². The molecule has 0 amide bonds. The number of benzene rings is 2. The highest BCUT2D eigenvalue weighted by Gasteiger charge is 2.11. The summed E-state index contributed by atoms with van der Waals surface area (Å²) in [7, 11) is 0. The lowest BCUT2D eigenvalue weighted by Crippen LogP contribution is -1.82. The number of halogens is 2. The molecule has 0 spiro atoms. The van der Waals surface area contributed by atoms with Gasteiger partial charge in [0.25, 0.3) is 0 Å². The molecule has 0 fully saturated rings. The molecule has 2 aromatic carbocycles. The van der Waals surface area contributed by atoms with E-state index in [9.17, 15) is 0 Å². The minimum atomic E-state index is 0.648. The second-order valence-corrected chi connectivity index (χ2v) is 5.74. The summed E-state index contributed by atoms with van der Waals surface area (Å²) in [5.74, 6) is 0.648. The number of hydrogen-bond donors (Lipinski definition) is 1. The molecule has 3 rings (SSSR count). The van der Waals surface area contributed by atoms with Crippen LogP contribution in [0, 0.1) is 6.92 Å². The second kappa shape index (κ2) is 6.34. The largest absolute Gasteiger partial charge is 0.280 e. The van der Waals surface area contributed by atoms with Gasteiger partial charge in [0.1, 0.15) is 0 Å². The fourth-order valence-corrected chi connectivity index (χ4v) is 2.41. The molecule has 1 aromatic heterocycles. The first-order chi connectivity index (χ1) is 10.6. The van der Waals surface area contributed by atoms with Gasteiger partial charge in [-0.1, -0.05) is 47.5 Å². The zero-order valence-corrected chi connectivity index (χ0v) is 13.4. The van der Waals surface area contributed by atoms with Crippen LogP contribution in [-0.4, -0.2) is 16.4 Å². The molecule has 110 valence electrons. The minimum absolute atomic E-state index is 0.648. The molecule has 22 heavy (non-hydrogen) atoms. The van der Waals surface area contributed by atoms with Crippen LogP contribution in [0.4, 0.5) is 5.82 Å². The van der Waals surface area contributed by atoms with Crippen LogP contribution in [0.25, 0.3) is 11.1 Å². The lowest BCUT2D eigenvalue weighted by atomic mass is 10.1. The zero-order valence-electron chi connectivity index (χ0n) is 11.8. The molecule has 3 nitrogen and oxygen atoms in total. The quantitative estimate of drug-likeness (QED) is 0.638. The molecule has 0 atom stereocenters. The molecule has 0 radical (unpaired) electrons. The van der Waals surface area contributed by atoms with E-state index in [0.29, 0.717) is 15.9 Å². The summed E-state index contributed by atoms with van der Waals surface area (Å²) in [6, 6.07) is 15.1. The highest BCUT2D eigenvalue weighted by Crippen LogP contribution is 2.32. The maximum Gasteiger partial charge on any atom is 0.181 e. The van der Waals surface area contributed by atoms with E-state index in [1.54, 1.807) is 6.21 Å². The van der Waals surface area contributed by atoms with Crippen LogP contribution in [0.15, 0.2) is 53.5 Å². The van der Waals surface area contributed by atoms with E-state index in [1.165, 1.54) is 0 Å². The average Bonchev–Trinajstić information content (AvgIpc) is 2.89. The fourth-order valence-electron chi connectivity index (χ4n) is 2.16. The lowest BCUT2D eigenvalue weighted by molar-refractivity contribution is 1.04. The van der Waals surface area contributed by atoms with Crippen molar-refractivity contribution in [3.63, 3.8) is 0 Å². The van der Waals surface area contributed by atoms with Crippen molar-refractivity contribution in [2.75, 3.05) is 0 Å². The smallest absolute Gasteiger partial charge is 0.181 e. The molecule has 0 aliphatic rings. The highest BCUT2D eigenvalue weighted by atomic mass is 35.5. The van der Waals surface area contributed by atoms with Gasteiger partial charge in [-0.25, -0.2) is 4.99 Å². The van der Waals surface area contributed by atoms with Crippen LogP contribution in [0.2, 0.25) is 10.0 Å². The summed E-state index contributed by atoms with van der Waals surface area (Å²) < 4.78 is 0. The molecule has 0 aliphatic carbocycles. The monoisotopic (exact) mass is 329 g/mol. The molecule has 3 aromatic rings. The first-order valence-electron chi connectivity index (χ1n) is 6.74. The summed E-state index contributed by atoms with van der Waals surface area (Å²) >= 11 is 11.8. The maximum absolute atomic E-state index is 5.94. The Morgan fingerprint density at radius 2 is 1.55 bits per heavy atom. The summed E-state index contributed by atoms with van der Waals surface area (Å²) in [5.41, 5.74) is 3.93. The predicted octanol–water partition coefficient (Wildman–Crippen LogP) is 5.44. The molecule has 0 aliphatic heterocycles. The third kappa shape index (κ3) is 3.21. The summed E-state index contributed by atoms with van der Waals surface area (Å²) in [6.07, 6.45) is 1.77. The average molecular weight is 330 g/mol.